The molecule has 1 atom stereocenters. The lowest BCUT2D eigenvalue weighted by molar-refractivity contribution is -0.122. The maximum atomic E-state index is 12.8. The second kappa shape index (κ2) is 4.90. The molecule has 1 saturated heterocycles. The van der Waals surface area contributed by atoms with Crippen molar-refractivity contribution in [3.63, 3.8) is 0 Å². The van der Waals surface area contributed by atoms with Gasteiger partial charge in [-0.2, -0.15) is 4.39 Å². The minimum Gasteiger partial charge on any atom is -0.354 e. The number of rotatable bonds is 2. The van der Waals surface area contributed by atoms with Gasteiger partial charge in [0.1, 0.15) is 0 Å². The number of nitrogens with one attached hydrogen (secondary N) is 2. The first-order chi connectivity index (χ1) is 8.15. The van der Waals surface area contributed by atoms with Crippen LogP contribution in [0.4, 0.5) is 4.39 Å². The van der Waals surface area contributed by atoms with Crippen LogP contribution in [0, 0.1) is 5.95 Å². The van der Waals surface area contributed by atoms with Crippen molar-refractivity contribution in [1.29, 1.82) is 0 Å². The number of nitrogens with zero attached hydrogens (tertiary/aromatic N) is 1. The molecule has 0 spiro atoms. The molecule has 1 aliphatic rings. The van der Waals surface area contributed by atoms with Crippen LogP contribution in [0.5, 0.6) is 0 Å². The number of carbonyl (C=O) groups excluding carboxylic acids is 2. The number of hydrogen-bond donors (Lipinski definition) is 2. The largest absolute Gasteiger partial charge is 0.354 e. The summed E-state index contributed by atoms with van der Waals surface area (Å²) >= 11 is 0. The van der Waals surface area contributed by atoms with Gasteiger partial charge in [-0.1, -0.05) is 0 Å². The minimum absolute atomic E-state index is 0.00884. The molecule has 0 bridgehead atoms. The molecule has 6 heteroatoms. The van der Waals surface area contributed by atoms with Crippen molar-refractivity contribution in [2.75, 3.05) is 6.54 Å². The average molecular weight is 237 g/mol. The quantitative estimate of drug-likeness (QED) is 0.723. The molecule has 2 N–H and O–H groups in total. The topological polar surface area (TPSA) is 71.1 Å². The maximum absolute atomic E-state index is 12.8. The summed E-state index contributed by atoms with van der Waals surface area (Å²) in [6.07, 6.45) is 2.24. The molecule has 2 amide bonds. The van der Waals surface area contributed by atoms with Crippen LogP contribution in [-0.2, 0) is 4.79 Å². The summed E-state index contributed by atoms with van der Waals surface area (Å²) in [7, 11) is 0. The highest BCUT2D eigenvalue weighted by Crippen LogP contribution is 2.05. The van der Waals surface area contributed by atoms with Gasteiger partial charge in [0.05, 0.1) is 0 Å². The van der Waals surface area contributed by atoms with Gasteiger partial charge in [-0.15, -0.1) is 0 Å². The summed E-state index contributed by atoms with van der Waals surface area (Å²) in [6.45, 7) is 0.415. The van der Waals surface area contributed by atoms with Gasteiger partial charge in [0, 0.05) is 36.8 Å². The van der Waals surface area contributed by atoms with Crippen molar-refractivity contribution < 1.29 is 14.0 Å². The first-order valence-electron chi connectivity index (χ1n) is 5.34. The van der Waals surface area contributed by atoms with E-state index in [1.165, 1.54) is 12.3 Å². The van der Waals surface area contributed by atoms with Crippen LogP contribution in [0.3, 0.4) is 0 Å². The fourth-order valence-electron chi connectivity index (χ4n) is 1.67. The van der Waals surface area contributed by atoms with Crippen molar-refractivity contribution >= 4 is 11.8 Å². The summed E-state index contributed by atoms with van der Waals surface area (Å²) in [5, 5.41) is 5.40. The fourth-order valence-corrected chi connectivity index (χ4v) is 1.67. The van der Waals surface area contributed by atoms with Crippen molar-refractivity contribution in [2.24, 2.45) is 0 Å². The van der Waals surface area contributed by atoms with Crippen LogP contribution in [0.2, 0.25) is 0 Å². The highest BCUT2D eigenvalue weighted by atomic mass is 19.1. The first kappa shape index (κ1) is 11.5. The van der Waals surface area contributed by atoms with E-state index in [4.69, 9.17) is 0 Å². The molecule has 5 nitrogen and oxygen atoms in total. The fraction of sp³-hybridized carbons (Fsp3) is 0.364. The Hall–Kier alpha value is -1.98. The molecular weight excluding hydrogens is 225 g/mol. The Labute approximate surface area is 97.4 Å². The van der Waals surface area contributed by atoms with Crippen LogP contribution in [0.25, 0.3) is 0 Å². The van der Waals surface area contributed by atoms with Gasteiger partial charge in [-0.3, -0.25) is 9.59 Å². The molecule has 2 heterocycles. The van der Waals surface area contributed by atoms with Gasteiger partial charge in [-0.25, -0.2) is 4.98 Å². The van der Waals surface area contributed by atoms with Gasteiger partial charge in [0.25, 0.3) is 5.91 Å². The Morgan fingerprint density at radius 2 is 2.41 bits per heavy atom. The number of aromatic nitrogens is 1. The highest BCUT2D eigenvalue weighted by molar-refractivity contribution is 5.94. The van der Waals surface area contributed by atoms with Gasteiger partial charge >= 0.3 is 0 Å². The van der Waals surface area contributed by atoms with Crippen molar-refractivity contribution in [3.05, 3.63) is 29.8 Å². The molecule has 17 heavy (non-hydrogen) atoms. The molecule has 0 radical (unpaired) electrons. The summed E-state index contributed by atoms with van der Waals surface area (Å²) in [5.41, 5.74) is 0.231. The third-order valence-corrected chi connectivity index (χ3v) is 2.59. The summed E-state index contributed by atoms with van der Waals surface area (Å²) in [5.74, 6) is -1.05. The van der Waals surface area contributed by atoms with Gasteiger partial charge in [0.2, 0.25) is 11.9 Å². The Morgan fingerprint density at radius 1 is 1.59 bits per heavy atom. The van der Waals surface area contributed by atoms with Gasteiger partial charge < -0.3 is 10.6 Å². The third kappa shape index (κ3) is 2.99. The van der Waals surface area contributed by atoms with E-state index in [0.29, 0.717) is 19.4 Å². The van der Waals surface area contributed by atoms with E-state index >= 15 is 0 Å². The van der Waals surface area contributed by atoms with Crippen LogP contribution in [-0.4, -0.2) is 29.4 Å². The number of pyridine rings is 1. The molecular formula is C11H12FN3O2. The number of piperidine rings is 1. The molecule has 0 aromatic carbocycles. The smallest absolute Gasteiger partial charge is 0.251 e. The number of halogens is 1. The van der Waals surface area contributed by atoms with Crippen LogP contribution >= 0.6 is 0 Å². The molecule has 1 fully saturated rings. The number of amides is 2. The molecule has 1 aromatic rings. The normalized spacial score (nSPS) is 19.6. The Morgan fingerprint density at radius 3 is 3.06 bits per heavy atom. The van der Waals surface area contributed by atoms with Crippen molar-refractivity contribution in [3.8, 4) is 0 Å². The van der Waals surface area contributed by atoms with E-state index in [1.807, 2.05) is 0 Å². The summed E-state index contributed by atoms with van der Waals surface area (Å²) in [4.78, 5) is 26.0. The maximum Gasteiger partial charge on any atom is 0.251 e. The average Bonchev–Trinajstić information content (AvgIpc) is 2.32. The van der Waals surface area contributed by atoms with E-state index in [0.717, 1.165) is 6.07 Å². The van der Waals surface area contributed by atoms with Gasteiger partial charge in [0.15, 0.2) is 0 Å². The van der Waals surface area contributed by atoms with Gasteiger partial charge in [-0.05, 0) is 12.5 Å². The Kier molecular flexibility index (Phi) is 3.32. The Balaban J connectivity index is 1.95. The number of hydrogen-bond acceptors (Lipinski definition) is 3. The van der Waals surface area contributed by atoms with Crippen molar-refractivity contribution in [1.82, 2.24) is 15.6 Å². The summed E-state index contributed by atoms with van der Waals surface area (Å²) < 4.78 is 12.8. The molecule has 1 unspecified atom stereocenters. The second-order valence-corrected chi connectivity index (χ2v) is 3.88. The zero-order valence-electron chi connectivity index (χ0n) is 9.07. The third-order valence-electron chi connectivity index (χ3n) is 2.59. The van der Waals surface area contributed by atoms with E-state index < -0.39 is 5.95 Å². The Bertz CT molecular complexity index is 440. The molecule has 90 valence electrons. The number of carbonyl (C=O) groups is 2. The predicted octanol–water partition coefficient (Wildman–Crippen LogP) is 0.229. The zero-order chi connectivity index (χ0) is 12.3. The van der Waals surface area contributed by atoms with Crippen LogP contribution in [0.1, 0.15) is 23.2 Å². The first-order valence-corrected chi connectivity index (χ1v) is 5.34. The zero-order valence-corrected chi connectivity index (χ0v) is 9.07. The monoisotopic (exact) mass is 237 g/mol. The lowest BCUT2D eigenvalue weighted by Gasteiger charge is -2.23. The minimum atomic E-state index is -0.686. The van der Waals surface area contributed by atoms with E-state index in [1.54, 1.807) is 0 Å². The van der Waals surface area contributed by atoms with E-state index in [2.05, 4.69) is 15.6 Å². The lowest BCUT2D eigenvalue weighted by atomic mass is 10.1. The molecule has 0 saturated carbocycles. The molecule has 1 aliphatic heterocycles. The molecule has 2 rings (SSSR count). The van der Waals surface area contributed by atoms with E-state index in [9.17, 15) is 14.0 Å². The van der Waals surface area contributed by atoms with Crippen LogP contribution < -0.4 is 10.6 Å². The second-order valence-electron chi connectivity index (χ2n) is 3.88. The van der Waals surface area contributed by atoms with Crippen LogP contribution in [0.15, 0.2) is 18.3 Å². The van der Waals surface area contributed by atoms with E-state index in [-0.39, 0.29) is 23.4 Å². The molecule has 0 aliphatic carbocycles. The molecule has 1 aromatic heterocycles. The summed E-state index contributed by atoms with van der Waals surface area (Å²) in [6, 6.07) is 2.42. The predicted molar refractivity (Wildman–Crippen MR) is 57.7 cm³/mol. The van der Waals surface area contributed by atoms with Crippen molar-refractivity contribution in [2.45, 2.75) is 18.9 Å². The standard InChI is InChI=1S/C11H12FN3O2/c12-9-5-7(3-4-13-9)11(17)15-8-1-2-10(16)14-6-8/h3-5,8H,1-2,6H2,(H,14,16)(H,15,17). The SMILES string of the molecule is O=C1CCC(NC(=O)c2ccnc(F)c2)CN1. The highest BCUT2D eigenvalue weighted by Gasteiger charge is 2.20. The lowest BCUT2D eigenvalue weighted by Crippen LogP contribution is -2.47.